The number of hydrogen-bond donors (Lipinski definition) is 7. The molecule has 3 heterocycles. The molecule has 2 aliphatic heterocycles. The Bertz CT molecular complexity index is 1850. The minimum Gasteiger partial charge on any atom is -0.534 e. The number of hydrogen-bond acceptors (Lipinski definition) is 10. The number of aliphatic imine (C=N–C) groups is 1. The summed E-state index contributed by atoms with van der Waals surface area (Å²) < 4.78 is 34.2. The van der Waals surface area contributed by atoms with E-state index < -0.39 is 77.4 Å². The lowest BCUT2D eigenvalue weighted by Gasteiger charge is -2.28. The molecule has 19 heteroatoms. The number of carboxylic acid groups (broad SMARTS) is 1. The summed E-state index contributed by atoms with van der Waals surface area (Å²) in [6, 6.07) is 2.74. The second-order valence-corrected chi connectivity index (χ2v) is 11.1. The molecule has 256 valence electrons. The van der Waals surface area contributed by atoms with Gasteiger partial charge in [0, 0.05) is 49.7 Å². The second-order valence-electron chi connectivity index (χ2n) is 11.1. The van der Waals surface area contributed by atoms with Crippen molar-refractivity contribution in [2.75, 3.05) is 26.2 Å². The van der Waals surface area contributed by atoms with Gasteiger partial charge in [0.2, 0.25) is 0 Å². The fourth-order valence-electron chi connectivity index (χ4n) is 5.44. The zero-order chi connectivity index (χ0) is 35.6. The summed E-state index contributed by atoms with van der Waals surface area (Å²) in [7, 11) is -1.83. The first-order valence-corrected chi connectivity index (χ1v) is 14.8. The number of imide groups is 1. The van der Waals surface area contributed by atoms with Gasteiger partial charge in [0.25, 0.3) is 5.91 Å². The highest BCUT2D eigenvalue weighted by Crippen LogP contribution is 2.37. The van der Waals surface area contributed by atoms with Gasteiger partial charge in [-0.2, -0.15) is 0 Å². The first-order chi connectivity index (χ1) is 23.3. The maximum absolute atomic E-state index is 14.7. The molecule has 0 bridgehead atoms. The number of urea groups is 2. The molecule has 16 nitrogen and oxygen atoms in total. The number of pyridine rings is 1. The average molecular weight is 681 g/mol. The highest BCUT2D eigenvalue weighted by atomic mass is 19.1. The first-order valence-electron chi connectivity index (χ1n) is 14.8. The topological polar surface area (TPSA) is 240 Å². The van der Waals surface area contributed by atoms with Gasteiger partial charge in [0.15, 0.2) is 17.3 Å². The van der Waals surface area contributed by atoms with Crippen molar-refractivity contribution in [1.82, 2.24) is 25.4 Å². The number of phenolic OH excluding ortho intramolecular Hbond substituents is 2. The predicted octanol–water partition coefficient (Wildman–Crippen LogP) is 1.08. The van der Waals surface area contributed by atoms with Crippen LogP contribution in [0.15, 0.2) is 47.7 Å². The summed E-state index contributed by atoms with van der Waals surface area (Å²) in [6.07, 6.45) is 2.72. The molecule has 2 atom stereocenters. The molecule has 2 aromatic carbocycles. The van der Waals surface area contributed by atoms with Crippen LogP contribution in [0, 0.1) is 18.6 Å². The highest BCUT2D eigenvalue weighted by Gasteiger charge is 2.40. The van der Waals surface area contributed by atoms with Gasteiger partial charge in [-0.15, -0.1) is 0 Å². The number of amidine groups is 1. The van der Waals surface area contributed by atoms with E-state index in [1.54, 1.807) is 0 Å². The molecule has 5 amide bonds. The largest absolute Gasteiger partial charge is 0.549 e. The predicted molar refractivity (Wildman–Crippen MR) is 167 cm³/mol. The average Bonchev–Trinajstić information content (AvgIpc) is 3.44. The van der Waals surface area contributed by atoms with E-state index in [1.165, 1.54) is 42.4 Å². The number of aromatic hydroxyl groups is 2. The van der Waals surface area contributed by atoms with Crippen LogP contribution in [0.1, 0.15) is 43.4 Å². The molecule has 8 N–H and O–H groups in total. The van der Waals surface area contributed by atoms with E-state index >= 15 is 0 Å². The van der Waals surface area contributed by atoms with Crippen LogP contribution >= 0.6 is 0 Å². The zero-order valence-corrected chi connectivity index (χ0v) is 25.8. The molecule has 0 aliphatic carbocycles. The number of nitrogens with zero attached hydrogens (tertiary/aromatic N) is 4. The fraction of sp³-hybridized carbons (Fsp3) is 0.267. The molecule has 3 aromatic rings. The maximum atomic E-state index is 14.7. The molecule has 0 saturated carbocycles. The minimum absolute atomic E-state index is 0.0666. The number of phenols is 2. The lowest BCUT2D eigenvalue weighted by atomic mass is 9.72. The number of halogens is 2. The van der Waals surface area contributed by atoms with Crippen molar-refractivity contribution in [2.45, 2.75) is 25.3 Å². The molecular formula is C30H30BF2N7O9. The Balaban J connectivity index is 1.36. The number of nitrogens with two attached hydrogens (primary N) is 1. The molecule has 2 aliphatic rings. The van der Waals surface area contributed by atoms with Gasteiger partial charge in [-0.1, -0.05) is 6.07 Å². The molecule has 5 rings (SSSR count). The standard InChI is InChI=1S/C30H30BF2N7O9/c1-14-17(13-19(33)24(42)23(14)41)22(26(34)37-20-12-16-2-3-18(32)21(28(44)45)25(16)49-31(20)48)38-29(46)40-11-10-39(30(40)47)9-8-36-27(43)15-4-6-35-7-5-15/h2-7,13,20,22,41-42,48H,8-12H2,1H3,(H2,34,37)(H,36,43)(H,38,46)(H,44,45)/t20-,22?/m0/s1. The molecule has 0 spiro atoms. The smallest absolute Gasteiger partial charge is 0.534 e. The molecule has 1 saturated heterocycles. The SMILES string of the molecule is Cc1c(C(NC(=O)N2CCN(CCNC(=O)c3ccncc3)C2=O)/C(N)=N/[C@H]2Cc3ccc(F)c(C(=O)O)c3OB2O)cc(F)c(O)c1O. The number of aromatic carboxylic acids is 1. The van der Waals surface area contributed by atoms with Crippen molar-refractivity contribution in [3.8, 4) is 17.2 Å². The summed E-state index contributed by atoms with van der Waals surface area (Å²) in [6.45, 7) is 1.48. The van der Waals surface area contributed by atoms with Crippen LogP contribution in [-0.4, -0.2) is 104 Å². The number of aromatic nitrogens is 1. The van der Waals surface area contributed by atoms with Gasteiger partial charge >= 0.3 is 25.1 Å². The van der Waals surface area contributed by atoms with Gasteiger partial charge in [0.05, 0.1) is 0 Å². The van der Waals surface area contributed by atoms with Gasteiger partial charge in [-0.25, -0.2) is 28.1 Å². The van der Waals surface area contributed by atoms with Crippen LogP contribution in [0.3, 0.4) is 0 Å². The summed E-state index contributed by atoms with van der Waals surface area (Å²) >= 11 is 0. The van der Waals surface area contributed by atoms with Gasteiger partial charge in [0.1, 0.15) is 34.9 Å². The van der Waals surface area contributed by atoms with E-state index in [2.05, 4.69) is 20.6 Å². The molecule has 0 radical (unpaired) electrons. The molecular weight excluding hydrogens is 651 g/mol. The van der Waals surface area contributed by atoms with E-state index in [4.69, 9.17) is 10.4 Å². The number of carbonyl (C=O) groups excluding carboxylic acids is 3. The van der Waals surface area contributed by atoms with Crippen molar-refractivity contribution in [1.29, 1.82) is 0 Å². The monoisotopic (exact) mass is 681 g/mol. The van der Waals surface area contributed by atoms with Crippen LogP contribution in [0.4, 0.5) is 18.4 Å². The summed E-state index contributed by atoms with van der Waals surface area (Å²) in [5.74, 6) is -8.36. The number of amides is 5. The Labute approximate surface area is 277 Å². The lowest BCUT2D eigenvalue weighted by molar-refractivity contribution is 0.0688. The Morgan fingerprint density at radius 2 is 1.86 bits per heavy atom. The number of carboxylic acids is 1. The van der Waals surface area contributed by atoms with E-state index in [9.17, 15) is 48.3 Å². The summed E-state index contributed by atoms with van der Waals surface area (Å²) in [5, 5.41) is 45.5. The first kappa shape index (κ1) is 34.4. The van der Waals surface area contributed by atoms with E-state index in [1.807, 2.05) is 0 Å². The zero-order valence-electron chi connectivity index (χ0n) is 25.8. The van der Waals surface area contributed by atoms with Crippen molar-refractivity contribution in [2.24, 2.45) is 10.7 Å². The van der Waals surface area contributed by atoms with E-state index in [-0.39, 0.29) is 55.2 Å². The van der Waals surface area contributed by atoms with Crippen molar-refractivity contribution in [3.63, 3.8) is 0 Å². The fourth-order valence-corrected chi connectivity index (χ4v) is 5.44. The quantitative estimate of drug-likeness (QED) is 0.0730. The van der Waals surface area contributed by atoms with Crippen LogP contribution in [0.25, 0.3) is 0 Å². The third-order valence-electron chi connectivity index (χ3n) is 8.06. The van der Waals surface area contributed by atoms with Gasteiger partial charge < -0.3 is 46.3 Å². The van der Waals surface area contributed by atoms with Crippen molar-refractivity contribution >= 4 is 36.9 Å². The highest BCUT2D eigenvalue weighted by molar-refractivity contribution is 6.47. The Morgan fingerprint density at radius 1 is 1.14 bits per heavy atom. The van der Waals surface area contributed by atoms with Gasteiger partial charge in [-0.3, -0.25) is 14.8 Å². The van der Waals surface area contributed by atoms with Crippen molar-refractivity contribution < 1.29 is 53.0 Å². The van der Waals surface area contributed by atoms with Crippen LogP contribution < -0.4 is 21.0 Å². The van der Waals surface area contributed by atoms with Gasteiger partial charge in [-0.05, 0) is 48.7 Å². The van der Waals surface area contributed by atoms with Crippen molar-refractivity contribution in [3.05, 3.63) is 82.2 Å². The summed E-state index contributed by atoms with van der Waals surface area (Å²) in [4.78, 5) is 60.8. The Kier molecular flexibility index (Phi) is 9.83. The van der Waals surface area contributed by atoms with E-state index in [0.29, 0.717) is 5.56 Å². The summed E-state index contributed by atoms with van der Waals surface area (Å²) in [5.41, 5.74) is 5.81. The Hall–Kier alpha value is -5.98. The third kappa shape index (κ3) is 7.01. The number of fused-ring (bicyclic) bond motifs is 1. The maximum Gasteiger partial charge on any atom is 0.549 e. The number of rotatable bonds is 9. The van der Waals surface area contributed by atoms with Crippen LogP contribution in [-0.2, 0) is 6.42 Å². The molecule has 1 unspecified atom stereocenters. The number of nitrogens with one attached hydrogen (secondary N) is 2. The minimum atomic E-state index is -1.83. The van der Waals surface area contributed by atoms with Crippen LogP contribution in [0.2, 0.25) is 0 Å². The van der Waals surface area contributed by atoms with Crippen LogP contribution in [0.5, 0.6) is 17.2 Å². The number of benzene rings is 2. The molecule has 49 heavy (non-hydrogen) atoms. The lowest BCUT2D eigenvalue weighted by Crippen LogP contribution is -2.49. The third-order valence-corrected chi connectivity index (χ3v) is 8.06. The Morgan fingerprint density at radius 3 is 2.55 bits per heavy atom. The number of carbonyl (C=O) groups is 4. The molecule has 1 aromatic heterocycles. The molecule has 1 fully saturated rings. The van der Waals surface area contributed by atoms with E-state index in [0.717, 1.165) is 17.0 Å². The normalized spacial score (nSPS) is 16.6. The second kappa shape index (κ2) is 14.0.